The van der Waals surface area contributed by atoms with E-state index in [4.69, 9.17) is 18.9 Å². The molecule has 1 N–H and O–H groups in total. The van der Waals surface area contributed by atoms with Gasteiger partial charge in [0.2, 0.25) is 6.29 Å². The highest BCUT2D eigenvalue weighted by molar-refractivity contribution is 5.67. The first kappa shape index (κ1) is 27.4. The number of aliphatic hydroxyl groups excluding tert-OH is 1. The van der Waals surface area contributed by atoms with Crippen LogP contribution in [0.2, 0.25) is 0 Å². The summed E-state index contributed by atoms with van der Waals surface area (Å²) in [6.07, 6.45) is 5.10. The number of carbonyl (C=O) groups excluding carboxylic acids is 3. The molecule has 8 nitrogen and oxygen atoms in total. The molecule has 2 aliphatic rings. The van der Waals surface area contributed by atoms with Gasteiger partial charge in [0, 0.05) is 38.7 Å². The van der Waals surface area contributed by atoms with Crippen LogP contribution in [0.4, 0.5) is 0 Å². The number of rotatable bonds is 7. The molecule has 2 rings (SSSR count). The number of aliphatic hydroxyl groups is 1. The molecule has 1 aliphatic carbocycles. The summed E-state index contributed by atoms with van der Waals surface area (Å²) in [5, 5.41) is 10.8. The Labute approximate surface area is 201 Å². The Balaban J connectivity index is 2.43. The van der Waals surface area contributed by atoms with E-state index in [0.29, 0.717) is 24.8 Å². The van der Waals surface area contributed by atoms with Crippen molar-refractivity contribution in [3.05, 3.63) is 47.3 Å². The second kappa shape index (κ2) is 12.6. The lowest BCUT2D eigenvalue weighted by molar-refractivity contribution is -0.182. The largest absolute Gasteiger partial charge is 0.462 e. The summed E-state index contributed by atoms with van der Waals surface area (Å²) >= 11 is 0. The van der Waals surface area contributed by atoms with Gasteiger partial charge in [0.15, 0.2) is 0 Å². The predicted octanol–water partition coefficient (Wildman–Crippen LogP) is 3.90. The van der Waals surface area contributed by atoms with Gasteiger partial charge in [-0.15, -0.1) is 0 Å². The van der Waals surface area contributed by atoms with Crippen LogP contribution in [0.15, 0.2) is 47.3 Å². The minimum atomic E-state index is -0.939. The van der Waals surface area contributed by atoms with Crippen LogP contribution in [0.25, 0.3) is 0 Å². The zero-order valence-corrected chi connectivity index (χ0v) is 20.7. The first-order valence-electron chi connectivity index (χ1n) is 11.5. The molecule has 0 aromatic carbocycles. The number of hydrogen-bond donors (Lipinski definition) is 1. The first-order chi connectivity index (χ1) is 16.0. The van der Waals surface area contributed by atoms with Gasteiger partial charge in [0.1, 0.15) is 12.7 Å². The van der Waals surface area contributed by atoms with Crippen LogP contribution in [0.5, 0.6) is 0 Å². The van der Waals surface area contributed by atoms with Crippen molar-refractivity contribution in [2.45, 2.75) is 78.8 Å². The van der Waals surface area contributed by atoms with E-state index < -0.39 is 36.4 Å². The Hall–Kier alpha value is -2.87. The number of fused-ring (bicyclic) bond motifs is 1. The van der Waals surface area contributed by atoms with E-state index in [2.05, 4.69) is 6.58 Å². The molecule has 0 saturated carbocycles. The van der Waals surface area contributed by atoms with Gasteiger partial charge in [-0.25, -0.2) is 0 Å². The van der Waals surface area contributed by atoms with Crippen LogP contribution in [-0.4, -0.2) is 48.1 Å². The topological polar surface area (TPSA) is 108 Å². The Kier molecular flexibility index (Phi) is 10.1. The quantitative estimate of drug-likeness (QED) is 0.335. The summed E-state index contributed by atoms with van der Waals surface area (Å²) in [4.78, 5) is 34.8. The minimum Gasteiger partial charge on any atom is -0.462 e. The van der Waals surface area contributed by atoms with Crippen LogP contribution in [-0.2, 0) is 33.3 Å². The maximum absolute atomic E-state index is 12.0. The van der Waals surface area contributed by atoms with Crippen molar-refractivity contribution < 1.29 is 38.4 Å². The fourth-order valence-electron chi connectivity index (χ4n) is 4.28. The molecule has 0 fully saturated rings. The maximum Gasteiger partial charge on any atom is 0.305 e. The molecular weight excluding hydrogens is 440 g/mol. The molecule has 8 heteroatoms. The second-order valence-corrected chi connectivity index (χ2v) is 8.94. The van der Waals surface area contributed by atoms with Gasteiger partial charge in [0.05, 0.1) is 18.3 Å². The molecule has 1 aliphatic heterocycles. The molecule has 0 saturated heterocycles. The number of carbonyl (C=O) groups is 3. The van der Waals surface area contributed by atoms with Crippen LogP contribution < -0.4 is 0 Å². The Morgan fingerprint density at radius 3 is 2.53 bits per heavy atom. The molecule has 1 heterocycles. The van der Waals surface area contributed by atoms with Crippen molar-refractivity contribution in [3.63, 3.8) is 0 Å². The molecule has 34 heavy (non-hydrogen) atoms. The third-order valence-corrected chi connectivity index (χ3v) is 6.03. The molecule has 0 bridgehead atoms. The molecule has 0 radical (unpaired) electrons. The summed E-state index contributed by atoms with van der Waals surface area (Å²) < 4.78 is 22.0. The predicted molar refractivity (Wildman–Crippen MR) is 125 cm³/mol. The zero-order valence-electron chi connectivity index (χ0n) is 20.7. The van der Waals surface area contributed by atoms with Gasteiger partial charge in [-0.05, 0) is 44.3 Å². The number of allylic oxidation sites excluding steroid dienone is 1. The van der Waals surface area contributed by atoms with Crippen LogP contribution in [0.3, 0.4) is 0 Å². The van der Waals surface area contributed by atoms with Crippen LogP contribution >= 0.6 is 0 Å². The Morgan fingerprint density at radius 2 is 1.91 bits per heavy atom. The zero-order chi connectivity index (χ0) is 25.4. The van der Waals surface area contributed by atoms with Crippen molar-refractivity contribution in [2.75, 3.05) is 6.61 Å². The van der Waals surface area contributed by atoms with Crippen molar-refractivity contribution in [3.8, 4) is 0 Å². The van der Waals surface area contributed by atoms with Gasteiger partial charge < -0.3 is 24.1 Å². The highest BCUT2D eigenvalue weighted by Crippen LogP contribution is 2.43. The molecular formula is C26H36O8. The van der Waals surface area contributed by atoms with E-state index in [1.165, 1.54) is 27.0 Å². The van der Waals surface area contributed by atoms with Crippen molar-refractivity contribution >= 4 is 17.9 Å². The minimum absolute atomic E-state index is 0.144. The lowest BCUT2D eigenvalue weighted by Gasteiger charge is -2.41. The molecule has 188 valence electrons. The highest BCUT2D eigenvalue weighted by Gasteiger charge is 2.44. The van der Waals surface area contributed by atoms with Crippen molar-refractivity contribution in [1.82, 2.24) is 0 Å². The van der Waals surface area contributed by atoms with Gasteiger partial charge in [0.25, 0.3) is 0 Å². The SMILES string of the molecule is C=C1[C@@H]2[C@@H](OC(C)=O)OC=C([C@H](C/C=C(\C)COC(C)=O)OC(C)=O)[C@H]2CC/C(C)=C/C[C@H]1O. The van der Waals surface area contributed by atoms with Crippen LogP contribution in [0, 0.1) is 11.8 Å². The van der Waals surface area contributed by atoms with E-state index in [9.17, 15) is 19.5 Å². The van der Waals surface area contributed by atoms with Gasteiger partial charge in [-0.2, -0.15) is 0 Å². The molecule has 0 aromatic heterocycles. The highest BCUT2D eigenvalue weighted by atomic mass is 16.7. The first-order valence-corrected chi connectivity index (χ1v) is 11.5. The lowest BCUT2D eigenvalue weighted by atomic mass is 9.73. The summed E-state index contributed by atoms with van der Waals surface area (Å²) in [6, 6.07) is 0. The van der Waals surface area contributed by atoms with E-state index in [1.807, 2.05) is 26.0 Å². The summed E-state index contributed by atoms with van der Waals surface area (Å²) in [5.41, 5.74) is 3.18. The summed E-state index contributed by atoms with van der Waals surface area (Å²) in [7, 11) is 0. The third kappa shape index (κ3) is 7.87. The van der Waals surface area contributed by atoms with E-state index in [0.717, 1.165) is 23.1 Å². The van der Waals surface area contributed by atoms with E-state index in [1.54, 1.807) is 0 Å². The van der Waals surface area contributed by atoms with Crippen LogP contribution in [0.1, 0.15) is 60.3 Å². The average molecular weight is 477 g/mol. The molecule has 0 aromatic rings. The lowest BCUT2D eigenvalue weighted by Crippen LogP contribution is -2.43. The number of hydrogen-bond acceptors (Lipinski definition) is 8. The van der Waals surface area contributed by atoms with Gasteiger partial charge >= 0.3 is 17.9 Å². The maximum atomic E-state index is 12.0. The fourth-order valence-corrected chi connectivity index (χ4v) is 4.28. The van der Waals surface area contributed by atoms with Crippen molar-refractivity contribution in [2.24, 2.45) is 11.8 Å². The number of esters is 3. The smallest absolute Gasteiger partial charge is 0.305 e. The molecule has 5 atom stereocenters. The molecule has 0 unspecified atom stereocenters. The monoisotopic (exact) mass is 476 g/mol. The summed E-state index contributed by atoms with van der Waals surface area (Å²) in [5.74, 6) is -2.08. The summed E-state index contributed by atoms with van der Waals surface area (Å²) in [6.45, 7) is 12.1. The van der Waals surface area contributed by atoms with Gasteiger partial charge in [-0.1, -0.05) is 24.3 Å². The third-order valence-electron chi connectivity index (χ3n) is 6.03. The fraction of sp³-hybridized carbons (Fsp3) is 0.577. The number of ether oxygens (including phenoxy) is 4. The average Bonchev–Trinajstić information content (AvgIpc) is 2.80. The molecule has 0 spiro atoms. The second-order valence-electron chi connectivity index (χ2n) is 8.94. The van der Waals surface area contributed by atoms with E-state index >= 15 is 0 Å². The van der Waals surface area contributed by atoms with E-state index in [-0.39, 0.29) is 18.5 Å². The Bertz CT molecular complexity index is 881. The standard InChI is InChI=1S/C26H36O8/c1-15-7-10-21-22(24(33-19(5)28)12-9-16(2)13-31-18(4)27)14-32-26(34-20(6)29)25(21)17(3)23(30)11-8-15/h8-9,14,21,23-26,30H,3,7,10-13H2,1-2,4-6H3/b15-8+,16-9+/t21-,23-,24+,25+,26-/m1/s1. The van der Waals surface area contributed by atoms with Crippen molar-refractivity contribution in [1.29, 1.82) is 0 Å². The normalized spacial score (nSPS) is 27.8. The molecule has 0 amide bonds. The Morgan fingerprint density at radius 1 is 1.21 bits per heavy atom. The van der Waals surface area contributed by atoms with Gasteiger partial charge in [-0.3, -0.25) is 14.4 Å².